The third-order valence-electron chi connectivity index (χ3n) is 2.86. The molecule has 92 valence electrons. The first-order valence-corrected chi connectivity index (χ1v) is 5.45. The number of aromatic nitrogens is 1. The number of carbonyl (C=O) groups excluding carboxylic acids is 1. The van der Waals surface area contributed by atoms with Crippen LogP contribution >= 0.6 is 0 Å². The Labute approximate surface area is 99.5 Å². The molecule has 0 radical (unpaired) electrons. The highest BCUT2D eigenvalue weighted by Crippen LogP contribution is 2.19. The van der Waals surface area contributed by atoms with Crippen molar-refractivity contribution in [2.75, 3.05) is 18.6 Å². The van der Waals surface area contributed by atoms with Crippen LogP contribution in [0.3, 0.4) is 0 Å². The number of nitrogens with two attached hydrogens (primary N) is 1. The summed E-state index contributed by atoms with van der Waals surface area (Å²) < 4.78 is 5.29. The topological polar surface area (TPSA) is 89.3 Å². The molecule has 6 nitrogen and oxygen atoms in total. The van der Waals surface area contributed by atoms with E-state index in [4.69, 9.17) is 10.6 Å². The molecule has 6 heteroatoms. The summed E-state index contributed by atoms with van der Waals surface area (Å²) >= 11 is 0. The number of hydrogen-bond acceptors (Lipinski definition) is 5. The number of nitrogen functional groups attached to an aromatic ring is 1. The molecular formula is C11H16N4O2. The summed E-state index contributed by atoms with van der Waals surface area (Å²) in [4.78, 5) is 16.0. The molecule has 1 fully saturated rings. The van der Waals surface area contributed by atoms with Gasteiger partial charge in [-0.3, -0.25) is 15.6 Å². The molecule has 2 rings (SSSR count). The number of nitrogens with one attached hydrogen (secondary N) is 2. The van der Waals surface area contributed by atoms with E-state index in [-0.39, 0.29) is 11.4 Å². The zero-order chi connectivity index (χ0) is 12.3. The molecule has 4 N–H and O–H groups in total. The van der Waals surface area contributed by atoms with Gasteiger partial charge in [0.25, 0.3) is 5.91 Å². The van der Waals surface area contributed by atoms with Crippen LogP contribution in [-0.4, -0.2) is 29.6 Å². The van der Waals surface area contributed by atoms with Crippen LogP contribution in [0.1, 0.15) is 23.7 Å². The van der Waals surface area contributed by atoms with Crippen molar-refractivity contribution in [3.05, 3.63) is 24.0 Å². The minimum atomic E-state index is -0.299. The smallest absolute Gasteiger partial charge is 0.254 e. The molecular weight excluding hydrogens is 220 g/mol. The van der Waals surface area contributed by atoms with Crippen LogP contribution in [0.2, 0.25) is 0 Å². The molecule has 1 saturated heterocycles. The van der Waals surface area contributed by atoms with Crippen molar-refractivity contribution >= 4 is 11.6 Å². The molecule has 0 aromatic carbocycles. The first-order chi connectivity index (χ1) is 8.14. The Hall–Kier alpha value is -1.66. The van der Waals surface area contributed by atoms with Gasteiger partial charge in [0, 0.05) is 12.8 Å². The minimum Gasteiger partial charge on any atom is -0.379 e. The fourth-order valence-electron chi connectivity index (χ4n) is 1.81. The molecule has 1 amide bonds. The van der Waals surface area contributed by atoms with Gasteiger partial charge in [0.05, 0.1) is 29.6 Å². The third kappa shape index (κ3) is 2.54. The fraction of sp³-hybridized carbons (Fsp3) is 0.455. The second-order valence-corrected chi connectivity index (χ2v) is 4.38. The maximum atomic E-state index is 12.1. The number of hydrazine groups is 1. The molecule has 0 saturated carbocycles. The van der Waals surface area contributed by atoms with E-state index >= 15 is 0 Å². The third-order valence-corrected chi connectivity index (χ3v) is 2.86. The standard InChI is InChI=1S/C11H16N4O2/c1-11(3-5-17-7-11)14-10(16)8-2-4-13-6-9(8)15-12/h2,4,6,15H,3,5,7,12H2,1H3,(H,14,16). The number of anilines is 1. The number of pyridine rings is 1. The van der Waals surface area contributed by atoms with Crippen molar-refractivity contribution in [3.63, 3.8) is 0 Å². The highest BCUT2D eigenvalue weighted by atomic mass is 16.5. The van der Waals surface area contributed by atoms with Gasteiger partial charge in [-0.1, -0.05) is 0 Å². The maximum Gasteiger partial charge on any atom is 0.254 e. The van der Waals surface area contributed by atoms with Crippen molar-refractivity contribution in [3.8, 4) is 0 Å². The Kier molecular flexibility index (Phi) is 3.26. The second kappa shape index (κ2) is 4.68. The van der Waals surface area contributed by atoms with E-state index < -0.39 is 0 Å². The lowest BCUT2D eigenvalue weighted by Gasteiger charge is -2.24. The maximum absolute atomic E-state index is 12.1. The number of nitrogens with zero attached hydrogens (tertiary/aromatic N) is 1. The van der Waals surface area contributed by atoms with Crippen molar-refractivity contribution in [1.29, 1.82) is 0 Å². The molecule has 1 aliphatic rings. The monoisotopic (exact) mass is 236 g/mol. The molecule has 17 heavy (non-hydrogen) atoms. The molecule has 0 spiro atoms. The summed E-state index contributed by atoms with van der Waals surface area (Å²) in [6.07, 6.45) is 3.89. The number of rotatable bonds is 3. The molecule has 1 aliphatic heterocycles. The van der Waals surface area contributed by atoms with Gasteiger partial charge >= 0.3 is 0 Å². The minimum absolute atomic E-state index is 0.173. The number of ether oxygens (including phenoxy) is 1. The first-order valence-electron chi connectivity index (χ1n) is 5.45. The molecule has 1 unspecified atom stereocenters. The van der Waals surface area contributed by atoms with E-state index in [9.17, 15) is 4.79 Å². The molecule has 0 aliphatic carbocycles. The van der Waals surface area contributed by atoms with Crippen LogP contribution in [0, 0.1) is 0 Å². The van der Waals surface area contributed by atoms with E-state index in [0.717, 1.165) is 6.42 Å². The number of carbonyl (C=O) groups is 1. The predicted molar refractivity (Wildman–Crippen MR) is 63.4 cm³/mol. The summed E-state index contributed by atoms with van der Waals surface area (Å²) in [5, 5.41) is 2.96. The average molecular weight is 236 g/mol. The summed E-state index contributed by atoms with van der Waals surface area (Å²) in [5.74, 6) is 5.16. The van der Waals surface area contributed by atoms with Crippen LogP contribution in [0.5, 0.6) is 0 Å². The van der Waals surface area contributed by atoms with Crippen molar-refractivity contribution < 1.29 is 9.53 Å². The Morgan fingerprint density at radius 3 is 3.12 bits per heavy atom. The lowest BCUT2D eigenvalue weighted by molar-refractivity contribution is 0.0890. The van der Waals surface area contributed by atoms with Crippen molar-refractivity contribution in [1.82, 2.24) is 10.3 Å². The quantitative estimate of drug-likeness (QED) is 0.518. The Morgan fingerprint density at radius 1 is 1.65 bits per heavy atom. The number of hydrogen-bond donors (Lipinski definition) is 3. The van der Waals surface area contributed by atoms with Gasteiger partial charge < -0.3 is 15.5 Å². The predicted octanol–water partition coefficient (Wildman–Crippen LogP) is 0.276. The van der Waals surface area contributed by atoms with E-state index in [2.05, 4.69) is 15.7 Å². The molecule has 1 aromatic heterocycles. The van der Waals surface area contributed by atoms with Gasteiger partial charge in [-0.25, -0.2) is 0 Å². The van der Waals surface area contributed by atoms with Gasteiger partial charge in [-0.05, 0) is 19.4 Å². The largest absolute Gasteiger partial charge is 0.379 e. The van der Waals surface area contributed by atoms with Gasteiger partial charge in [0.15, 0.2) is 0 Å². The van der Waals surface area contributed by atoms with Crippen LogP contribution in [0.25, 0.3) is 0 Å². The van der Waals surface area contributed by atoms with Crippen LogP contribution in [0.4, 0.5) is 5.69 Å². The van der Waals surface area contributed by atoms with Crippen molar-refractivity contribution in [2.45, 2.75) is 18.9 Å². The Balaban J connectivity index is 2.14. The Morgan fingerprint density at radius 2 is 2.47 bits per heavy atom. The highest BCUT2D eigenvalue weighted by Gasteiger charge is 2.31. The van der Waals surface area contributed by atoms with E-state index in [0.29, 0.717) is 24.5 Å². The summed E-state index contributed by atoms with van der Waals surface area (Å²) in [5.41, 5.74) is 3.15. The second-order valence-electron chi connectivity index (χ2n) is 4.38. The first kappa shape index (κ1) is 11.8. The summed E-state index contributed by atoms with van der Waals surface area (Å²) in [6.45, 7) is 3.18. The van der Waals surface area contributed by atoms with Crippen LogP contribution in [-0.2, 0) is 4.74 Å². The average Bonchev–Trinajstić information content (AvgIpc) is 2.75. The van der Waals surface area contributed by atoms with E-state index in [1.807, 2.05) is 6.92 Å². The molecule has 0 bridgehead atoms. The summed E-state index contributed by atoms with van der Waals surface area (Å²) in [6, 6.07) is 1.63. The molecule has 2 heterocycles. The normalized spacial score (nSPS) is 23.4. The van der Waals surface area contributed by atoms with Gasteiger partial charge in [-0.15, -0.1) is 0 Å². The summed E-state index contributed by atoms with van der Waals surface area (Å²) in [7, 11) is 0. The zero-order valence-corrected chi connectivity index (χ0v) is 9.69. The van der Waals surface area contributed by atoms with E-state index in [1.165, 1.54) is 6.20 Å². The lowest BCUT2D eigenvalue weighted by Crippen LogP contribution is -2.46. The number of amides is 1. The Bertz CT molecular complexity index is 416. The van der Waals surface area contributed by atoms with Crippen molar-refractivity contribution in [2.24, 2.45) is 5.84 Å². The van der Waals surface area contributed by atoms with Crippen LogP contribution in [0.15, 0.2) is 18.5 Å². The molecule has 1 atom stereocenters. The van der Waals surface area contributed by atoms with Crippen LogP contribution < -0.4 is 16.6 Å². The lowest BCUT2D eigenvalue weighted by atomic mass is 10.0. The highest BCUT2D eigenvalue weighted by molar-refractivity contribution is 5.99. The van der Waals surface area contributed by atoms with Gasteiger partial charge in [0.2, 0.25) is 0 Å². The SMILES string of the molecule is CC1(NC(=O)c2ccncc2NN)CCOC1. The van der Waals surface area contributed by atoms with Gasteiger partial charge in [-0.2, -0.15) is 0 Å². The molecule has 1 aromatic rings. The fourth-order valence-corrected chi connectivity index (χ4v) is 1.81. The van der Waals surface area contributed by atoms with E-state index in [1.54, 1.807) is 12.3 Å². The zero-order valence-electron chi connectivity index (χ0n) is 9.69. The van der Waals surface area contributed by atoms with Gasteiger partial charge in [0.1, 0.15) is 0 Å².